The number of ether oxygens (including phenoxy) is 1. The number of aromatic nitrogens is 2. The van der Waals surface area contributed by atoms with E-state index >= 15 is 0 Å². The van der Waals surface area contributed by atoms with Crippen LogP contribution in [0.15, 0.2) is 23.5 Å². The van der Waals surface area contributed by atoms with Gasteiger partial charge in [0, 0.05) is 58.3 Å². The highest BCUT2D eigenvalue weighted by Gasteiger charge is 2.22. The maximum Gasteiger partial charge on any atom is 0.225 e. The van der Waals surface area contributed by atoms with Crippen LogP contribution in [0.3, 0.4) is 0 Å². The molecule has 30 heavy (non-hydrogen) atoms. The van der Waals surface area contributed by atoms with Gasteiger partial charge in [-0.1, -0.05) is 0 Å². The van der Waals surface area contributed by atoms with E-state index in [1.54, 1.807) is 18.5 Å². The molecule has 0 radical (unpaired) electrons. The standard InChI is InChI=1S/C19H33N7O3S/c1-2-20-18(25-10-12-26(13-11-25)19-21-7-5-8-22-19)23-9-15-30(27,28)24-16-17-6-3-4-14-29-17/h5,7-8,17,24H,2-4,6,9-16H2,1H3,(H,20,23). The molecule has 3 heterocycles. The van der Waals surface area contributed by atoms with Crippen LogP contribution in [0.5, 0.6) is 0 Å². The molecule has 2 saturated heterocycles. The third kappa shape index (κ3) is 7.06. The molecule has 1 aromatic heterocycles. The van der Waals surface area contributed by atoms with Crippen LogP contribution < -0.4 is 14.9 Å². The Labute approximate surface area is 179 Å². The molecule has 168 valence electrons. The lowest BCUT2D eigenvalue weighted by Gasteiger charge is -2.36. The normalized spacial score (nSPS) is 21.0. The molecule has 0 amide bonds. The van der Waals surface area contributed by atoms with Gasteiger partial charge in [0.05, 0.1) is 18.4 Å². The topological polar surface area (TPSA) is 112 Å². The predicted octanol–water partition coefficient (Wildman–Crippen LogP) is 0.0526. The fraction of sp³-hybridized carbons (Fsp3) is 0.737. The number of nitrogens with zero attached hydrogens (tertiary/aromatic N) is 5. The second-order valence-electron chi connectivity index (χ2n) is 7.41. The first-order chi connectivity index (χ1) is 14.6. The van der Waals surface area contributed by atoms with E-state index in [2.05, 4.69) is 34.8 Å². The summed E-state index contributed by atoms with van der Waals surface area (Å²) in [6, 6.07) is 1.81. The number of nitrogens with one attached hydrogen (secondary N) is 2. The summed E-state index contributed by atoms with van der Waals surface area (Å²) in [6.45, 7) is 7.12. The van der Waals surface area contributed by atoms with Gasteiger partial charge in [0.15, 0.2) is 5.96 Å². The Morgan fingerprint density at radius 3 is 2.67 bits per heavy atom. The summed E-state index contributed by atoms with van der Waals surface area (Å²) >= 11 is 0. The Hall–Kier alpha value is -1.98. The lowest BCUT2D eigenvalue weighted by molar-refractivity contribution is 0.0200. The van der Waals surface area contributed by atoms with Gasteiger partial charge in [-0.2, -0.15) is 0 Å². The maximum atomic E-state index is 12.3. The zero-order valence-corrected chi connectivity index (χ0v) is 18.5. The minimum Gasteiger partial charge on any atom is -0.377 e. The highest BCUT2D eigenvalue weighted by molar-refractivity contribution is 7.89. The Kier molecular flexibility index (Phi) is 8.64. The Morgan fingerprint density at radius 2 is 2.00 bits per heavy atom. The SMILES string of the molecule is CCNC(=NCCS(=O)(=O)NCC1CCCCO1)N1CCN(c2ncccn2)CC1. The van der Waals surface area contributed by atoms with Gasteiger partial charge in [0.25, 0.3) is 0 Å². The molecule has 1 atom stereocenters. The molecule has 0 spiro atoms. The average Bonchev–Trinajstić information content (AvgIpc) is 2.79. The summed E-state index contributed by atoms with van der Waals surface area (Å²) in [6.07, 6.45) is 6.53. The summed E-state index contributed by atoms with van der Waals surface area (Å²) in [5, 5.41) is 3.27. The number of guanidine groups is 1. The van der Waals surface area contributed by atoms with Crippen LogP contribution in [0, 0.1) is 0 Å². The third-order valence-corrected chi connectivity index (χ3v) is 6.50. The van der Waals surface area contributed by atoms with Gasteiger partial charge in [-0.3, -0.25) is 4.99 Å². The lowest BCUT2D eigenvalue weighted by Crippen LogP contribution is -2.53. The van der Waals surface area contributed by atoms with Gasteiger partial charge in [-0.15, -0.1) is 0 Å². The van der Waals surface area contributed by atoms with E-state index in [0.29, 0.717) is 13.2 Å². The second kappa shape index (κ2) is 11.4. The van der Waals surface area contributed by atoms with E-state index in [1.165, 1.54) is 0 Å². The number of rotatable bonds is 8. The van der Waals surface area contributed by atoms with E-state index in [1.807, 2.05) is 6.92 Å². The fourth-order valence-electron chi connectivity index (χ4n) is 3.53. The van der Waals surface area contributed by atoms with E-state index in [9.17, 15) is 8.42 Å². The molecule has 2 fully saturated rings. The van der Waals surface area contributed by atoms with Crippen LogP contribution in [-0.2, 0) is 14.8 Å². The van der Waals surface area contributed by atoms with Crippen molar-refractivity contribution < 1.29 is 13.2 Å². The van der Waals surface area contributed by atoms with Crippen molar-refractivity contribution in [1.29, 1.82) is 0 Å². The van der Waals surface area contributed by atoms with Gasteiger partial charge in [0.1, 0.15) is 0 Å². The van der Waals surface area contributed by atoms with Crippen LogP contribution in [0.4, 0.5) is 5.95 Å². The lowest BCUT2D eigenvalue weighted by atomic mass is 10.1. The Balaban J connectivity index is 1.47. The molecule has 0 saturated carbocycles. The zero-order valence-electron chi connectivity index (χ0n) is 17.7. The number of hydrogen-bond acceptors (Lipinski definition) is 7. The summed E-state index contributed by atoms with van der Waals surface area (Å²) < 4.78 is 32.8. The Morgan fingerprint density at radius 1 is 1.23 bits per heavy atom. The molecule has 2 aliphatic heterocycles. The van der Waals surface area contributed by atoms with Crippen LogP contribution in [-0.4, -0.2) is 93.5 Å². The smallest absolute Gasteiger partial charge is 0.225 e. The number of sulfonamides is 1. The molecule has 0 bridgehead atoms. The average molecular weight is 440 g/mol. The van der Waals surface area contributed by atoms with Crippen molar-refractivity contribution in [3.63, 3.8) is 0 Å². The molecule has 0 aromatic carbocycles. The molecule has 0 aliphatic carbocycles. The summed E-state index contributed by atoms with van der Waals surface area (Å²) in [5.74, 6) is 1.45. The number of anilines is 1. The van der Waals surface area contributed by atoms with Crippen LogP contribution in [0.1, 0.15) is 26.2 Å². The van der Waals surface area contributed by atoms with Crippen molar-refractivity contribution in [3.05, 3.63) is 18.5 Å². The quantitative estimate of drug-likeness (QED) is 0.432. The number of aliphatic imine (C=N–C) groups is 1. The molecule has 2 N–H and O–H groups in total. The maximum absolute atomic E-state index is 12.3. The minimum absolute atomic E-state index is 0.0146. The first kappa shape index (κ1) is 22.7. The van der Waals surface area contributed by atoms with Crippen LogP contribution in [0.2, 0.25) is 0 Å². The molecule has 2 aliphatic rings. The van der Waals surface area contributed by atoms with E-state index in [0.717, 1.165) is 63.9 Å². The van der Waals surface area contributed by atoms with E-state index < -0.39 is 10.0 Å². The molecular weight excluding hydrogens is 406 g/mol. The van der Waals surface area contributed by atoms with Crippen molar-refractivity contribution in [2.45, 2.75) is 32.3 Å². The van der Waals surface area contributed by atoms with Gasteiger partial charge in [0.2, 0.25) is 16.0 Å². The second-order valence-corrected chi connectivity index (χ2v) is 9.34. The Bertz CT molecular complexity index is 762. The minimum atomic E-state index is -3.38. The molecular formula is C19H33N7O3S. The monoisotopic (exact) mass is 439 g/mol. The third-order valence-electron chi connectivity index (χ3n) is 5.18. The van der Waals surface area contributed by atoms with Crippen molar-refractivity contribution >= 4 is 21.9 Å². The molecule has 11 heteroatoms. The highest BCUT2D eigenvalue weighted by Crippen LogP contribution is 2.12. The van der Waals surface area contributed by atoms with Crippen molar-refractivity contribution in [2.75, 3.05) is 63.1 Å². The van der Waals surface area contributed by atoms with Crippen molar-refractivity contribution in [2.24, 2.45) is 4.99 Å². The van der Waals surface area contributed by atoms with Gasteiger partial charge in [-0.05, 0) is 32.3 Å². The van der Waals surface area contributed by atoms with Crippen LogP contribution >= 0.6 is 0 Å². The molecule has 1 unspecified atom stereocenters. The summed E-state index contributed by atoms with van der Waals surface area (Å²) in [7, 11) is -3.38. The largest absolute Gasteiger partial charge is 0.377 e. The summed E-state index contributed by atoms with van der Waals surface area (Å²) in [5.41, 5.74) is 0. The van der Waals surface area contributed by atoms with Gasteiger partial charge < -0.3 is 19.9 Å². The first-order valence-electron chi connectivity index (χ1n) is 10.7. The fourth-order valence-corrected chi connectivity index (χ4v) is 4.45. The van der Waals surface area contributed by atoms with Crippen molar-refractivity contribution in [3.8, 4) is 0 Å². The zero-order chi connectivity index (χ0) is 21.2. The van der Waals surface area contributed by atoms with E-state index in [-0.39, 0.29) is 18.4 Å². The van der Waals surface area contributed by atoms with Gasteiger partial charge in [-0.25, -0.2) is 23.1 Å². The highest BCUT2D eigenvalue weighted by atomic mass is 32.2. The van der Waals surface area contributed by atoms with Crippen LogP contribution in [0.25, 0.3) is 0 Å². The number of piperazine rings is 1. The molecule has 1 aromatic rings. The van der Waals surface area contributed by atoms with Gasteiger partial charge >= 0.3 is 0 Å². The summed E-state index contributed by atoms with van der Waals surface area (Å²) in [4.78, 5) is 17.4. The predicted molar refractivity (Wildman–Crippen MR) is 117 cm³/mol. The number of hydrogen-bond donors (Lipinski definition) is 2. The first-order valence-corrected chi connectivity index (χ1v) is 12.4. The van der Waals surface area contributed by atoms with E-state index in [4.69, 9.17) is 4.74 Å². The molecule has 3 rings (SSSR count). The molecule has 10 nitrogen and oxygen atoms in total. The van der Waals surface area contributed by atoms with Crippen molar-refractivity contribution in [1.82, 2.24) is 24.9 Å².